The van der Waals surface area contributed by atoms with Crippen molar-refractivity contribution in [2.45, 2.75) is 32.9 Å². The highest BCUT2D eigenvalue weighted by molar-refractivity contribution is 5.87. The van der Waals surface area contributed by atoms with E-state index < -0.39 is 12.1 Å². The standard InChI is InChI=1S/C21H27N3O3/c1-4-16(2)19(20(25)23-24(3)18-13-9-6-10-14-18)22-21(26)27-15-17-11-7-5-8-12-17/h5-14,16,19H,4,15H2,1-3H3,(H,22,26)(H,23,25)/t16-,19-/m0/s1. The third-order valence-electron chi connectivity index (χ3n) is 4.40. The number of nitrogens with one attached hydrogen (secondary N) is 2. The van der Waals surface area contributed by atoms with Crippen molar-refractivity contribution in [2.75, 3.05) is 12.1 Å². The van der Waals surface area contributed by atoms with Crippen molar-refractivity contribution in [1.82, 2.24) is 10.7 Å². The Kier molecular flexibility index (Phi) is 7.67. The molecule has 0 saturated heterocycles. The van der Waals surface area contributed by atoms with Crippen molar-refractivity contribution in [3.05, 3.63) is 66.2 Å². The van der Waals surface area contributed by atoms with Crippen molar-refractivity contribution in [2.24, 2.45) is 5.92 Å². The lowest BCUT2D eigenvalue weighted by Crippen LogP contribution is -2.54. The van der Waals surface area contributed by atoms with Gasteiger partial charge in [-0.1, -0.05) is 68.8 Å². The lowest BCUT2D eigenvalue weighted by atomic mass is 9.99. The summed E-state index contributed by atoms with van der Waals surface area (Å²) in [6.07, 6.45) is 0.133. The molecule has 0 aliphatic heterocycles. The van der Waals surface area contributed by atoms with Crippen LogP contribution in [0.3, 0.4) is 0 Å². The number of nitrogens with zero attached hydrogens (tertiary/aromatic N) is 1. The van der Waals surface area contributed by atoms with Gasteiger partial charge in [0.15, 0.2) is 0 Å². The fourth-order valence-corrected chi connectivity index (χ4v) is 2.54. The van der Waals surface area contributed by atoms with E-state index in [1.807, 2.05) is 74.5 Å². The number of amides is 2. The Labute approximate surface area is 160 Å². The highest BCUT2D eigenvalue weighted by atomic mass is 16.5. The van der Waals surface area contributed by atoms with Crippen LogP contribution in [-0.2, 0) is 16.1 Å². The van der Waals surface area contributed by atoms with Gasteiger partial charge >= 0.3 is 6.09 Å². The van der Waals surface area contributed by atoms with Gasteiger partial charge in [0.25, 0.3) is 5.91 Å². The normalized spacial score (nSPS) is 12.6. The van der Waals surface area contributed by atoms with Crippen LogP contribution < -0.4 is 15.8 Å². The first-order chi connectivity index (χ1) is 13.0. The average molecular weight is 369 g/mol. The van der Waals surface area contributed by atoms with E-state index in [0.29, 0.717) is 0 Å². The van der Waals surface area contributed by atoms with Gasteiger partial charge in [-0.2, -0.15) is 0 Å². The minimum atomic E-state index is -0.690. The summed E-state index contributed by atoms with van der Waals surface area (Å²) in [6, 6.07) is 18.2. The van der Waals surface area contributed by atoms with Crippen molar-refractivity contribution in [3.8, 4) is 0 Å². The molecule has 0 aromatic heterocycles. The first-order valence-corrected chi connectivity index (χ1v) is 9.07. The van der Waals surface area contributed by atoms with E-state index in [1.54, 1.807) is 12.1 Å². The Morgan fingerprint density at radius 2 is 1.63 bits per heavy atom. The Bertz CT molecular complexity index is 722. The van der Waals surface area contributed by atoms with Crippen molar-refractivity contribution in [1.29, 1.82) is 0 Å². The minimum absolute atomic E-state index is 0.0431. The maximum absolute atomic E-state index is 12.7. The number of hydrogen-bond donors (Lipinski definition) is 2. The summed E-state index contributed by atoms with van der Waals surface area (Å²) in [7, 11) is 1.76. The number of para-hydroxylation sites is 1. The predicted octanol–water partition coefficient (Wildman–Crippen LogP) is 3.50. The summed E-state index contributed by atoms with van der Waals surface area (Å²) in [4.78, 5) is 24.9. The molecule has 2 N–H and O–H groups in total. The van der Waals surface area contributed by atoms with Gasteiger partial charge in [-0.05, 0) is 23.6 Å². The number of hydrogen-bond acceptors (Lipinski definition) is 4. The van der Waals surface area contributed by atoms with Gasteiger partial charge < -0.3 is 10.1 Å². The molecule has 0 unspecified atom stereocenters. The third-order valence-corrected chi connectivity index (χ3v) is 4.40. The van der Waals surface area contributed by atoms with Crippen LogP contribution in [0.5, 0.6) is 0 Å². The van der Waals surface area contributed by atoms with Crippen LogP contribution in [-0.4, -0.2) is 25.1 Å². The molecule has 0 spiro atoms. The van der Waals surface area contributed by atoms with E-state index in [-0.39, 0.29) is 18.4 Å². The molecular weight excluding hydrogens is 342 g/mol. The average Bonchev–Trinajstić information content (AvgIpc) is 2.71. The van der Waals surface area contributed by atoms with Gasteiger partial charge in [0.05, 0.1) is 5.69 Å². The number of hydrazine groups is 1. The molecule has 2 atom stereocenters. The molecule has 0 heterocycles. The lowest BCUT2D eigenvalue weighted by molar-refractivity contribution is -0.124. The molecule has 6 nitrogen and oxygen atoms in total. The fourth-order valence-electron chi connectivity index (χ4n) is 2.54. The number of benzene rings is 2. The Balaban J connectivity index is 1.95. The molecule has 0 aliphatic rings. The van der Waals surface area contributed by atoms with Crippen LogP contribution in [0.25, 0.3) is 0 Å². The van der Waals surface area contributed by atoms with Crippen molar-refractivity contribution in [3.63, 3.8) is 0 Å². The first kappa shape index (κ1) is 20.3. The molecule has 2 aromatic carbocycles. The number of rotatable bonds is 8. The van der Waals surface area contributed by atoms with Gasteiger partial charge in [-0.15, -0.1) is 0 Å². The van der Waals surface area contributed by atoms with Crippen LogP contribution in [0.1, 0.15) is 25.8 Å². The highest BCUT2D eigenvalue weighted by Crippen LogP contribution is 2.12. The fraction of sp³-hybridized carbons (Fsp3) is 0.333. The van der Waals surface area contributed by atoms with Crippen molar-refractivity contribution < 1.29 is 14.3 Å². The number of carbonyl (C=O) groups is 2. The van der Waals surface area contributed by atoms with Crippen LogP contribution in [0.15, 0.2) is 60.7 Å². The number of ether oxygens (including phenoxy) is 1. The Hall–Kier alpha value is -3.02. The molecule has 0 radical (unpaired) electrons. The van der Waals surface area contributed by atoms with Crippen molar-refractivity contribution >= 4 is 17.7 Å². The number of alkyl carbamates (subject to hydrolysis) is 1. The van der Waals surface area contributed by atoms with E-state index in [0.717, 1.165) is 17.7 Å². The summed E-state index contributed by atoms with van der Waals surface area (Å²) < 4.78 is 5.25. The zero-order valence-electron chi connectivity index (χ0n) is 16.0. The van der Waals surface area contributed by atoms with E-state index >= 15 is 0 Å². The molecule has 0 saturated carbocycles. The van der Waals surface area contributed by atoms with Gasteiger partial charge in [0.2, 0.25) is 0 Å². The molecule has 0 aliphatic carbocycles. The van der Waals surface area contributed by atoms with Crippen LogP contribution in [0.2, 0.25) is 0 Å². The quantitative estimate of drug-likeness (QED) is 0.699. The molecule has 2 aromatic rings. The molecule has 144 valence electrons. The maximum atomic E-state index is 12.7. The molecule has 0 fully saturated rings. The first-order valence-electron chi connectivity index (χ1n) is 9.07. The minimum Gasteiger partial charge on any atom is -0.445 e. The summed E-state index contributed by atoms with van der Waals surface area (Å²) in [5.74, 6) is -0.328. The zero-order chi connectivity index (χ0) is 19.6. The van der Waals surface area contributed by atoms with E-state index in [9.17, 15) is 9.59 Å². The van der Waals surface area contributed by atoms with E-state index in [1.165, 1.54) is 0 Å². The molecule has 2 amide bonds. The molecule has 27 heavy (non-hydrogen) atoms. The molecule has 2 rings (SSSR count). The predicted molar refractivity (Wildman–Crippen MR) is 106 cm³/mol. The van der Waals surface area contributed by atoms with Gasteiger partial charge in [-0.25, -0.2) is 4.79 Å². The summed E-state index contributed by atoms with van der Waals surface area (Å²) >= 11 is 0. The summed E-state index contributed by atoms with van der Waals surface area (Å²) in [5, 5.41) is 4.33. The van der Waals surface area contributed by atoms with Crippen LogP contribution in [0, 0.1) is 5.92 Å². The zero-order valence-corrected chi connectivity index (χ0v) is 16.0. The SMILES string of the molecule is CC[C@H](C)[C@H](NC(=O)OCc1ccccc1)C(=O)NN(C)c1ccccc1. The second kappa shape index (κ2) is 10.2. The number of anilines is 1. The smallest absolute Gasteiger partial charge is 0.408 e. The molecule has 0 bridgehead atoms. The van der Waals surface area contributed by atoms with Crippen LogP contribution in [0.4, 0.5) is 10.5 Å². The topological polar surface area (TPSA) is 70.7 Å². The number of carbonyl (C=O) groups excluding carboxylic acids is 2. The Morgan fingerprint density at radius 3 is 2.22 bits per heavy atom. The highest BCUT2D eigenvalue weighted by Gasteiger charge is 2.27. The largest absolute Gasteiger partial charge is 0.445 e. The second-order valence-corrected chi connectivity index (χ2v) is 6.44. The summed E-state index contributed by atoms with van der Waals surface area (Å²) in [5.41, 5.74) is 4.55. The van der Waals surface area contributed by atoms with Crippen LogP contribution >= 0.6 is 0 Å². The monoisotopic (exact) mass is 369 g/mol. The van der Waals surface area contributed by atoms with E-state index in [2.05, 4.69) is 10.7 Å². The second-order valence-electron chi connectivity index (χ2n) is 6.44. The molecule has 6 heteroatoms. The molecular formula is C21H27N3O3. The maximum Gasteiger partial charge on any atom is 0.408 e. The van der Waals surface area contributed by atoms with Gasteiger partial charge in [-0.3, -0.25) is 15.2 Å². The third kappa shape index (κ3) is 6.33. The van der Waals surface area contributed by atoms with Gasteiger partial charge in [0, 0.05) is 7.05 Å². The summed E-state index contributed by atoms with van der Waals surface area (Å²) in [6.45, 7) is 4.05. The lowest BCUT2D eigenvalue weighted by Gasteiger charge is -2.27. The Morgan fingerprint density at radius 1 is 1.04 bits per heavy atom. The van der Waals surface area contributed by atoms with E-state index in [4.69, 9.17) is 4.74 Å². The van der Waals surface area contributed by atoms with Gasteiger partial charge in [0.1, 0.15) is 12.6 Å².